The quantitative estimate of drug-likeness (QED) is 0.793. The van der Waals surface area contributed by atoms with Crippen LogP contribution in [-0.2, 0) is 4.79 Å². The van der Waals surface area contributed by atoms with Crippen LogP contribution >= 0.6 is 0 Å². The summed E-state index contributed by atoms with van der Waals surface area (Å²) in [4.78, 5) is 14.2. The Morgan fingerprint density at radius 3 is 2.19 bits per heavy atom. The third-order valence-electron chi connectivity index (χ3n) is 5.97. The van der Waals surface area contributed by atoms with Crippen LogP contribution in [0, 0.1) is 11.3 Å². The molecule has 2 rings (SSSR count). The first-order valence-electron chi connectivity index (χ1n) is 9.08. The molecule has 0 amide bonds. The number of likely N-dealkylation sites (tertiary alicyclic amines) is 1. The highest BCUT2D eigenvalue weighted by molar-refractivity contribution is 5.74. The lowest BCUT2D eigenvalue weighted by Crippen LogP contribution is -2.48. The Morgan fingerprint density at radius 1 is 1.10 bits per heavy atom. The van der Waals surface area contributed by atoms with Gasteiger partial charge in [-0.15, -0.1) is 0 Å². The molecule has 1 saturated heterocycles. The fourth-order valence-corrected chi connectivity index (χ4v) is 4.57. The number of hydrogen-bond acceptors (Lipinski definition) is 2. The van der Waals surface area contributed by atoms with Crippen molar-refractivity contribution in [3.8, 4) is 0 Å². The van der Waals surface area contributed by atoms with Crippen molar-refractivity contribution in [3.63, 3.8) is 0 Å². The van der Waals surface area contributed by atoms with Crippen molar-refractivity contribution in [2.24, 2.45) is 11.3 Å². The molecule has 0 unspecified atom stereocenters. The average Bonchev–Trinajstić information content (AvgIpc) is 2.49. The van der Waals surface area contributed by atoms with E-state index in [-0.39, 0.29) is 0 Å². The number of carboxylic acid groups (broad SMARTS) is 1. The molecule has 1 aliphatic carbocycles. The van der Waals surface area contributed by atoms with Crippen LogP contribution in [0.3, 0.4) is 0 Å². The van der Waals surface area contributed by atoms with Gasteiger partial charge in [-0.05, 0) is 64.0 Å². The van der Waals surface area contributed by atoms with Gasteiger partial charge in [0.2, 0.25) is 0 Å². The first kappa shape index (κ1) is 16.8. The molecule has 1 saturated carbocycles. The van der Waals surface area contributed by atoms with Gasteiger partial charge in [-0.25, -0.2) is 0 Å². The molecule has 0 atom stereocenters. The molecule has 0 aromatic heterocycles. The van der Waals surface area contributed by atoms with Crippen molar-refractivity contribution in [1.29, 1.82) is 0 Å². The maximum atomic E-state index is 11.6. The molecule has 0 radical (unpaired) electrons. The Balaban J connectivity index is 1.82. The van der Waals surface area contributed by atoms with Gasteiger partial charge in [0.15, 0.2) is 0 Å². The number of aliphatic carboxylic acids is 1. The molecule has 0 aromatic rings. The van der Waals surface area contributed by atoms with Crippen molar-refractivity contribution in [2.45, 2.75) is 84.1 Å². The van der Waals surface area contributed by atoms with E-state index in [9.17, 15) is 9.90 Å². The highest BCUT2D eigenvalue weighted by Crippen LogP contribution is 2.39. The fourth-order valence-electron chi connectivity index (χ4n) is 4.57. The highest BCUT2D eigenvalue weighted by Gasteiger charge is 2.42. The summed E-state index contributed by atoms with van der Waals surface area (Å²) in [5, 5.41) is 9.59. The number of rotatable bonds is 6. The lowest BCUT2D eigenvalue weighted by molar-refractivity contribution is -0.153. The zero-order valence-electron chi connectivity index (χ0n) is 13.9. The maximum Gasteiger partial charge on any atom is 0.309 e. The van der Waals surface area contributed by atoms with E-state index in [1.165, 1.54) is 38.5 Å². The molecule has 0 spiro atoms. The van der Waals surface area contributed by atoms with Crippen LogP contribution in [0.15, 0.2) is 0 Å². The number of hydrogen-bond donors (Lipinski definition) is 1. The fraction of sp³-hybridized carbons (Fsp3) is 0.944. The summed E-state index contributed by atoms with van der Waals surface area (Å²) >= 11 is 0. The molecule has 21 heavy (non-hydrogen) atoms. The maximum absolute atomic E-state index is 11.6. The van der Waals surface area contributed by atoms with Gasteiger partial charge >= 0.3 is 5.97 Å². The molecule has 3 nitrogen and oxygen atoms in total. The van der Waals surface area contributed by atoms with E-state index in [1.54, 1.807) is 0 Å². The lowest BCUT2D eigenvalue weighted by Gasteiger charge is -2.44. The predicted molar refractivity (Wildman–Crippen MR) is 86.4 cm³/mol. The van der Waals surface area contributed by atoms with Crippen LogP contribution in [0.2, 0.25) is 0 Å². The Bertz CT molecular complexity index is 326. The van der Waals surface area contributed by atoms with Crippen LogP contribution in [-0.4, -0.2) is 35.1 Å². The summed E-state index contributed by atoms with van der Waals surface area (Å²) < 4.78 is 0. The zero-order valence-corrected chi connectivity index (χ0v) is 13.9. The predicted octanol–water partition coefficient (Wildman–Crippen LogP) is 4.31. The van der Waals surface area contributed by atoms with Crippen molar-refractivity contribution >= 4 is 5.97 Å². The zero-order chi connectivity index (χ0) is 15.3. The first-order valence-corrected chi connectivity index (χ1v) is 9.08. The molecule has 0 bridgehead atoms. The Morgan fingerprint density at radius 2 is 1.71 bits per heavy atom. The normalized spacial score (nSPS) is 30.2. The van der Waals surface area contributed by atoms with Crippen molar-refractivity contribution in [2.75, 3.05) is 13.1 Å². The van der Waals surface area contributed by atoms with Gasteiger partial charge in [0.1, 0.15) is 0 Å². The second-order valence-corrected chi connectivity index (χ2v) is 7.33. The second kappa shape index (κ2) is 7.62. The van der Waals surface area contributed by atoms with Crippen LogP contribution in [0.4, 0.5) is 0 Å². The van der Waals surface area contributed by atoms with E-state index in [0.717, 1.165) is 50.7 Å². The number of nitrogens with zero attached hydrogens (tertiary/aromatic N) is 1. The van der Waals surface area contributed by atoms with Gasteiger partial charge < -0.3 is 10.0 Å². The summed E-state index contributed by atoms with van der Waals surface area (Å²) in [5.41, 5.74) is -0.426. The van der Waals surface area contributed by atoms with Crippen LogP contribution in [0.5, 0.6) is 0 Å². The molecular weight excluding hydrogens is 262 g/mol. The molecule has 2 aliphatic rings. The summed E-state index contributed by atoms with van der Waals surface area (Å²) in [6.45, 7) is 6.38. The number of piperidine rings is 1. The van der Waals surface area contributed by atoms with Gasteiger partial charge in [-0.3, -0.25) is 4.79 Å². The minimum Gasteiger partial charge on any atom is -0.481 e. The Labute approximate surface area is 130 Å². The lowest BCUT2D eigenvalue weighted by atomic mass is 9.74. The summed E-state index contributed by atoms with van der Waals surface area (Å²) in [7, 11) is 0. The minimum atomic E-state index is -0.560. The molecule has 1 N–H and O–H groups in total. The van der Waals surface area contributed by atoms with E-state index in [2.05, 4.69) is 18.7 Å². The van der Waals surface area contributed by atoms with Gasteiger partial charge in [0.05, 0.1) is 5.41 Å². The van der Waals surface area contributed by atoms with Gasteiger partial charge in [0.25, 0.3) is 0 Å². The second-order valence-electron chi connectivity index (χ2n) is 7.33. The van der Waals surface area contributed by atoms with Crippen molar-refractivity contribution in [3.05, 3.63) is 0 Å². The third-order valence-corrected chi connectivity index (χ3v) is 5.97. The average molecular weight is 295 g/mol. The number of carbonyl (C=O) groups is 1. The van der Waals surface area contributed by atoms with E-state index in [4.69, 9.17) is 0 Å². The van der Waals surface area contributed by atoms with Crippen LogP contribution < -0.4 is 0 Å². The molecule has 1 aliphatic heterocycles. The molecule has 3 heteroatoms. The smallest absolute Gasteiger partial charge is 0.309 e. The Hall–Kier alpha value is -0.570. The monoisotopic (exact) mass is 295 g/mol. The van der Waals surface area contributed by atoms with Gasteiger partial charge in [-0.2, -0.15) is 0 Å². The molecule has 2 fully saturated rings. The highest BCUT2D eigenvalue weighted by atomic mass is 16.4. The van der Waals surface area contributed by atoms with E-state index >= 15 is 0 Å². The summed E-state index contributed by atoms with van der Waals surface area (Å²) in [6, 6.07) is 0.728. The largest absolute Gasteiger partial charge is 0.481 e. The summed E-state index contributed by atoms with van der Waals surface area (Å²) in [6.07, 6.45) is 11.7. The third kappa shape index (κ3) is 4.00. The van der Waals surface area contributed by atoms with Crippen molar-refractivity contribution in [1.82, 2.24) is 4.90 Å². The SMILES string of the molecule is CCCC1CCC(N2CCC(CCC)(C(=O)O)CC2)CC1. The number of carboxylic acids is 1. The van der Waals surface area contributed by atoms with Crippen LogP contribution in [0.25, 0.3) is 0 Å². The standard InChI is InChI=1S/C18H33NO2/c1-3-5-15-6-8-16(9-7-15)19-13-11-18(10-4-2,12-14-19)17(20)21/h15-16H,3-14H2,1-2H3,(H,20,21). The van der Waals surface area contributed by atoms with Crippen LogP contribution in [0.1, 0.15) is 78.1 Å². The molecule has 1 heterocycles. The topological polar surface area (TPSA) is 40.5 Å². The molecular formula is C18H33NO2. The minimum absolute atomic E-state index is 0.426. The summed E-state index contributed by atoms with van der Waals surface area (Å²) in [5.74, 6) is 0.393. The van der Waals surface area contributed by atoms with E-state index in [0.29, 0.717) is 0 Å². The van der Waals surface area contributed by atoms with Crippen molar-refractivity contribution < 1.29 is 9.90 Å². The molecule has 0 aromatic carbocycles. The Kier molecular flexibility index (Phi) is 6.09. The van der Waals surface area contributed by atoms with E-state index in [1.807, 2.05) is 0 Å². The van der Waals surface area contributed by atoms with Gasteiger partial charge in [0, 0.05) is 6.04 Å². The first-order chi connectivity index (χ1) is 10.1. The van der Waals surface area contributed by atoms with E-state index < -0.39 is 11.4 Å². The molecule has 122 valence electrons. The van der Waals surface area contributed by atoms with Gasteiger partial charge in [-0.1, -0.05) is 33.1 Å².